The van der Waals surface area contributed by atoms with Crippen LogP contribution in [0.3, 0.4) is 0 Å². The van der Waals surface area contributed by atoms with Gasteiger partial charge in [-0.1, -0.05) is 12.1 Å². The minimum Gasteiger partial charge on any atom is -0.389 e. The van der Waals surface area contributed by atoms with Gasteiger partial charge in [-0.2, -0.15) is 11.8 Å². The van der Waals surface area contributed by atoms with Gasteiger partial charge in [-0.25, -0.2) is 13.1 Å². The molecule has 1 fully saturated rings. The lowest BCUT2D eigenvalue weighted by atomic mass is 10.1. The van der Waals surface area contributed by atoms with E-state index < -0.39 is 16.1 Å². The van der Waals surface area contributed by atoms with E-state index in [0.29, 0.717) is 12.1 Å². The molecule has 0 saturated carbocycles. The number of hydrogen-bond donors (Lipinski definition) is 2. The second kappa shape index (κ2) is 7.60. The van der Waals surface area contributed by atoms with Crippen LogP contribution in [-0.2, 0) is 10.0 Å². The molecule has 1 atom stereocenters. The molecule has 2 rings (SSSR count). The number of nitrogens with one attached hydrogen (secondary N) is 1. The molecular formula is C14H22N2O3S2. The van der Waals surface area contributed by atoms with Crippen molar-refractivity contribution in [3.05, 3.63) is 29.8 Å². The highest BCUT2D eigenvalue weighted by molar-refractivity contribution is 7.99. The van der Waals surface area contributed by atoms with Crippen molar-refractivity contribution >= 4 is 21.8 Å². The molecule has 1 saturated heterocycles. The van der Waals surface area contributed by atoms with Gasteiger partial charge in [0.25, 0.3) is 0 Å². The Bertz CT molecular complexity index is 538. The van der Waals surface area contributed by atoms with Crippen molar-refractivity contribution in [1.29, 1.82) is 0 Å². The highest BCUT2D eigenvalue weighted by Crippen LogP contribution is 2.15. The minimum absolute atomic E-state index is 0.237. The van der Waals surface area contributed by atoms with Crippen LogP contribution in [0.25, 0.3) is 0 Å². The molecule has 2 N–H and O–H groups in total. The molecule has 1 aliphatic rings. The summed E-state index contributed by atoms with van der Waals surface area (Å²) in [4.78, 5) is 2.51. The number of rotatable bonds is 6. The van der Waals surface area contributed by atoms with Gasteiger partial charge in [0.15, 0.2) is 0 Å². The lowest BCUT2D eigenvalue weighted by Gasteiger charge is -2.25. The number of thioether (sulfide) groups is 1. The summed E-state index contributed by atoms with van der Waals surface area (Å²) in [5.41, 5.74) is 0.708. The molecule has 0 bridgehead atoms. The van der Waals surface area contributed by atoms with Crippen molar-refractivity contribution in [1.82, 2.24) is 9.62 Å². The molecule has 5 nitrogen and oxygen atoms in total. The molecule has 1 aliphatic heterocycles. The Kier molecular flexibility index (Phi) is 6.07. The minimum atomic E-state index is -3.47. The summed E-state index contributed by atoms with van der Waals surface area (Å²) in [5.74, 6) is 2.24. The molecule has 0 aliphatic carbocycles. The fraction of sp³-hybridized carbons (Fsp3) is 0.571. The van der Waals surface area contributed by atoms with Gasteiger partial charge in [-0.05, 0) is 24.6 Å². The van der Waals surface area contributed by atoms with Crippen molar-refractivity contribution in [3.8, 4) is 0 Å². The average molecular weight is 330 g/mol. The Labute approximate surface area is 130 Å². The summed E-state index contributed by atoms with van der Waals surface area (Å²) in [5, 5.41) is 9.43. The van der Waals surface area contributed by atoms with Gasteiger partial charge in [0.05, 0.1) is 11.0 Å². The molecule has 0 amide bonds. The molecule has 21 heavy (non-hydrogen) atoms. The van der Waals surface area contributed by atoms with E-state index in [9.17, 15) is 13.5 Å². The van der Waals surface area contributed by atoms with E-state index in [1.807, 2.05) is 11.8 Å². The SMILES string of the molecule is CC(O)c1ccc(S(=O)(=O)NCCN2CCSCC2)cc1. The quantitative estimate of drug-likeness (QED) is 0.816. The molecule has 1 heterocycles. The van der Waals surface area contributed by atoms with Crippen molar-refractivity contribution in [2.24, 2.45) is 0 Å². The van der Waals surface area contributed by atoms with Crippen LogP contribution < -0.4 is 4.72 Å². The summed E-state index contributed by atoms with van der Waals surface area (Å²) >= 11 is 1.94. The second-order valence-electron chi connectivity index (χ2n) is 5.10. The smallest absolute Gasteiger partial charge is 0.240 e. The summed E-state index contributed by atoms with van der Waals surface area (Å²) in [6, 6.07) is 6.34. The molecule has 118 valence electrons. The number of hydrogen-bond acceptors (Lipinski definition) is 5. The number of aliphatic hydroxyl groups is 1. The molecular weight excluding hydrogens is 308 g/mol. The lowest BCUT2D eigenvalue weighted by molar-refractivity contribution is 0.199. The van der Waals surface area contributed by atoms with E-state index in [1.165, 1.54) is 12.1 Å². The lowest BCUT2D eigenvalue weighted by Crippen LogP contribution is -2.39. The molecule has 0 spiro atoms. The molecule has 1 aromatic carbocycles. The Morgan fingerprint density at radius 2 is 1.90 bits per heavy atom. The highest BCUT2D eigenvalue weighted by Gasteiger charge is 2.15. The van der Waals surface area contributed by atoms with Crippen molar-refractivity contribution < 1.29 is 13.5 Å². The maximum Gasteiger partial charge on any atom is 0.240 e. The van der Waals surface area contributed by atoms with Gasteiger partial charge < -0.3 is 10.0 Å². The second-order valence-corrected chi connectivity index (χ2v) is 8.09. The number of nitrogens with zero attached hydrogens (tertiary/aromatic N) is 1. The third-order valence-electron chi connectivity index (χ3n) is 3.50. The first-order chi connectivity index (χ1) is 9.99. The maximum absolute atomic E-state index is 12.2. The monoisotopic (exact) mass is 330 g/mol. The van der Waals surface area contributed by atoms with Gasteiger partial charge in [0.1, 0.15) is 0 Å². The molecule has 7 heteroatoms. The zero-order valence-electron chi connectivity index (χ0n) is 12.2. The van der Waals surface area contributed by atoms with E-state index in [-0.39, 0.29) is 4.90 Å². The first kappa shape index (κ1) is 16.8. The van der Waals surface area contributed by atoms with Crippen molar-refractivity contribution in [2.75, 3.05) is 37.7 Å². The average Bonchev–Trinajstić information content (AvgIpc) is 2.48. The third-order valence-corrected chi connectivity index (χ3v) is 5.92. The van der Waals surface area contributed by atoms with Crippen LogP contribution in [0.5, 0.6) is 0 Å². The van der Waals surface area contributed by atoms with Crippen LogP contribution >= 0.6 is 11.8 Å². The van der Waals surface area contributed by atoms with Gasteiger partial charge >= 0.3 is 0 Å². The molecule has 0 aromatic heterocycles. The maximum atomic E-state index is 12.2. The zero-order chi connectivity index (χ0) is 15.3. The van der Waals surface area contributed by atoms with E-state index in [0.717, 1.165) is 31.1 Å². The van der Waals surface area contributed by atoms with Crippen LogP contribution in [0.2, 0.25) is 0 Å². The summed E-state index contributed by atoms with van der Waals surface area (Å²) in [6.07, 6.45) is -0.591. The number of sulfonamides is 1. The van der Waals surface area contributed by atoms with Gasteiger partial charge in [-0.3, -0.25) is 0 Å². The van der Waals surface area contributed by atoms with Crippen LogP contribution in [0.1, 0.15) is 18.6 Å². The standard InChI is InChI=1S/C14H22N2O3S2/c1-12(17)13-2-4-14(5-3-13)21(18,19)15-6-7-16-8-10-20-11-9-16/h2-5,12,15,17H,6-11H2,1H3. The summed E-state index contributed by atoms with van der Waals surface area (Å²) in [6.45, 7) is 4.86. The number of benzene rings is 1. The Balaban J connectivity index is 1.88. The zero-order valence-corrected chi connectivity index (χ0v) is 13.8. The molecule has 0 radical (unpaired) electrons. The van der Waals surface area contributed by atoms with E-state index in [2.05, 4.69) is 9.62 Å². The van der Waals surface area contributed by atoms with E-state index in [1.54, 1.807) is 19.1 Å². The van der Waals surface area contributed by atoms with Gasteiger partial charge in [0, 0.05) is 37.7 Å². The molecule has 1 aromatic rings. The van der Waals surface area contributed by atoms with Crippen molar-refractivity contribution in [3.63, 3.8) is 0 Å². The predicted octanol–water partition coefficient (Wildman–Crippen LogP) is 1.07. The summed E-state index contributed by atoms with van der Waals surface area (Å²) in [7, 11) is -3.47. The largest absolute Gasteiger partial charge is 0.389 e. The Morgan fingerprint density at radius 3 is 2.48 bits per heavy atom. The topological polar surface area (TPSA) is 69.6 Å². The van der Waals surface area contributed by atoms with Crippen LogP contribution in [0, 0.1) is 0 Å². The predicted molar refractivity (Wildman–Crippen MR) is 86.0 cm³/mol. The van der Waals surface area contributed by atoms with Crippen molar-refractivity contribution in [2.45, 2.75) is 17.9 Å². The Hall–Kier alpha value is -0.600. The first-order valence-electron chi connectivity index (χ1n) is 7.07. The van der Waals surface area contributed by atoms with Crippen LogP contribution in [0.4, 0.5) is 0 Å². The highest BCUT2D eigenvalue weighted by atomic mass is 32.2. The number of aliphatic hydroxyl groups excluding tert-OH is 1. The fourth-order valence-corrected chi connectivity index (χ4v) is 4.17. The first-order valence-corrected chi connectivity index (χ1v) is 9.70. The van der Waals surface area contributed by atoms with Gasteiger partial charge in [-0.15, -0.1) is 0 Å². The van der Waals surface area contributed by atoms with Gasteiger partial charge in [0.2, 0.25) is 10.0 Å². The van der Waals surface area contributed by atoms with Crippen LogP contribution in [-0.4, -0.2) is 56.1 Å². The van der Waals surface area contributed by atoms with E-state index in [4.69, 9.17) is 0 Å². The Morgan fingerprint density at radius 1 is 1.29 bits per heavy atom. The van der Waals surface area contributed by atoms with Crippen LogP contribution in [0.15, 0.2) is 29.2 Å². The van der Waals surface area contributed by atoms with E-state index >= 15 is 0 Å². The third kappa shape index (κ3) is 4.96. The molecule has 1 unspecified atom stereocenters. The fourth-order valence-electron chi connectivity index (χ4n) is 2.17. The normalized spacial score (nSPS) is 18.6. The summed E-state index contributed by atoms with van der Waals surface area (Å²) < 4.78 is 27.0.